The molecule has 0 amide bonds. The van der Waals surface area contributed by atoms with Gasteiger partial charge in [-0.15, -0.1) is 0 Å². The van der Waals surface area contributed by atoms with E-state index in [-0.39, 0.29) is 0 Å². The van der Waals surface area contributed by atoms with Crippen molar-refractivity contribution in [1.82, 2.24) is 9.97 Å². The zero-order valence-electron chi connectivity index (χ0n) is 14.5. The second-order valence-electron chi connectivity index (χ2n) is 6.53. The molecule has 0 bridgehead atoms. The molecule has 3 aromatic rings. The first kappa shape index (κ1) is 17.6. The first-order valence-electron chi connectivity index (χ1n) is 8.70. The fourth-order valence-electron chi connectivity index (χ4n) is 3.42. The second kappa shape index (κ2) is 7.45. The molecule has 1 aliphatic carbocycles. The van der Waals surface area contributed by atoms with E-state index in [0.29, 0.717) is 0 Å². The Balaban J connectivity index is 1.83. The van der Waals surface area contributed by atoms with Crippen molar-refractivity contribution >= 4 is 43.5 Å². The third-order valence-electron chi connectivity index (χ3n) is 4.62. The van der Waals surface area contributed by atoms with Crippen LogP contribution in [-0.2, 0) is 6.42 Å². The lowest BCUT2D eigenvalue weighted by atomic mass is 9.87. The quantitative estimate of drug-likeness (QED) is 0.409. The van der Waals surface area contributed by atoms with Gasteiger partial charge < -0.3 is 0 Å². The van der Waals surface area contributed by atoms with Crippen LogP contribution < -0.4 is 0 Å². The van der Waals surface area contributed by atoms with Crippen LogP contribution in [-0.4, -0.2) is 9.97 Å². The summed E-state index contributed by atoms with van der Waals surface area (Å²) in [4.78, 5) is 9.59. The molecule has 0 fully saturated rings. The van der Waals surface area contributed by atoms with E-state index in [4.69, 9.17) is 9.97 Å². The Hall–Kier alpha value is -1.78. The topological polar surface area (TPSA) is 25.8 Å². The summed E-state index contributed by atoms with van der Waals surface area (Å²) in [7, 11) is 0. The largest absolute Gasteiger partial charge is 0.233 e. The predicted molar refractivity (Wildman–Crippen MR) is 115 cm³/mol. The number of allylic oxidation sites excluding steroid dienone is 1. The molecule has 0 saturated carbocycles. The predicted octanol–water partition coefficient (Wildman–Crippen LogP) is 6.85. The Morgan fingerprint density at radius 1 is 0.808 bits per heavy atom. The zero-order valence-corrected chi connectivity index (χ0v) is 17.6. The third kappa shape index (κ3) is 3.67. The second-order valence-corrected chi connectivity index (χ2v) is 8.36. The summed E-state index contributed by atoms with van der Waals surface area (Å²) in [6, 6.07) is 16.8. The van der Waals surface area contributed by atoms with Crippen LogP contribution in [0.15, 0.2) is 57.5 Å². The molecule has 2 nitrogen and oxygen atoms in total. The number of hydrogen-bond acceptors (Lipinski definition) is 2. The first-order chi connectivity index (χ1) is 12.6. The highest BCUT2D eigenvalue weighted by Crippen LogP contribution is 2.36. The number of halogens is 2. The van der Waals surface area contributed by atoms with Crippen LogP contribution in [0.4, 0.5) is 0 Å². The van der Waals surface area contributed by atoms with Crippen LogP contribution in [0.2, 0.25) is 0 Å². The highest BCUT2D eigenvalue weighted by Gasteiger charge is 2.21. The van der Waals surface area contributed by atoms with Gasteiger partial charge in [-0.1, -0.05) is 56.1 Å². The van der Waals surface area contributed by atoms with E-state index in [1.807, 2.05) is 6.92 Å². The van der Waals surface area contributed by atoms with Crippen molar-refractivity contribution in [2.24, 2.45) is 0 Å². The van der Waals surface area contributed by atoms with Crippen molar-refractivity contribution < 1.29 is 0 Å². The molecule has 130 valence electrons. The summed E-state index contributed by atoms with van der Waals surface area (Å²) >= 11 is 7.02. The SMILES string of the molecule is Cc1nc2c(c(-c3ccc(Br)cc3)n1)CCC/C2=C\c1ccc(Br)cc1. The van der Waals surface area contributed by atoms with E-state index < -0.39 is 0 Å². The van der Waals surface area contributed by atoms with E-state index in [1.165, 1.54) is 16.7 Å². The Morgan fingerprint density at radius 3 is 2.12 bits per heavy atom. The summed E-state index contributed by atoms with van der Waals surface area (Å²) in [5.74, 6) is 0.824. The maximum atomic E-state index is 4.81. The number of benzene rings is 2. The summed E-state index contributed by atoms with van der Waals surface area (Å²) in [5, 5.41) is 0. The van der Waals surface area contributed by atoms with Crippen molar-refractivity contribution in [1.29, 1.82) is 0 Å². The smallest absolute Gasteiger partial charge is 0.126 e. The van der Waals surface area contributed by atoms with E-state index in [9.17, 15) is 0 Å². The number of hydrogen-bond donors (Lipinski definition) is 0. The summed E-state index contributed by atoms with van der Waals surface area (Å²) in [6.45, 7) is 1.98. The van der Waals surface area contributed by atoms with Crippen molar-refractivity contribution in [3.8, 4) is 11.3 Å². The molecule has 0 saturated heterocycles. The van der Waals surface area contributed by atoms with Crippen LogP contribution in [0.25, 0.3) is 22.9 Å². The molecular formula is C22H18Br2N2. The molecule has 2 aromatic carbocycles. The summed E-state index contributed by atoms with van der Waals surface area (Å²) in [5.41, 5.74) is 7.12. The highest BCUT2D eigenvalue weighted by atomic mass is 79.9. The van der Waals surface area contributed by atoms with Crippen molar-refractivity contribution in [2.75, 3.05) is 0 Å². The van der Waals surface area contributed by atoms with Crippen LogP contribution in [0.1, 0.15) is 35.5 Å². The van der Waals surface area contributed by atoms with Gasteiger partial charge in [0.1, 0.15) is 5.82 Å². The first-order valence-corrected chi connectivity index (χ1v) is 10.3. The van der Waals surface area contributed by atoms with Gasteiger partial charge in [0.25, 0.3) is 0 Å². The molecular weight excluding hydrogens is 452 g/mol. The third-order valence-corrected chi connectivity index (χ3v) is 5.68. The van der Waals surface area contributed by atoms with E-state index in [2.05, 4.69) is 86.5 Å². The lowest BCUT2D eigenvalue weighted by Crippen LogP contribution is -2.10. The molecule has 0 atom stereocenters. The Bertz CT molecular complexity index is 974. The van der Waals surface area contributed by atoms with Gasteiger partial charge in [-0.2, -0.15) is 0 Å². The average molecular weight is 470 g/mol. The average Bonchev–Trinajstić information content (AvgIpc) is 2.64. The van der Waals surface area contributed by atoms with Crippen LogP contribution in [0.5, 0.6) is 0 Å². The maximum absolute atomic E-state index is 4.81. The molecule has 1 heterocycles. The van der Waals surface area contributed by atoms with Gasteiger partial charge in [-0.3, -0.25) is 0 Å². The molecule has 1 aromatic heterocycles. The molecule has 1 aliphatic rings. The Morgan fingerprint density at radius 2 is 1.42 bits per heavy atom. The number of rotatable bonds is 2. The molecule has 0 radical (unpaired) electrons. The number of fused-ring (bicyclic) bond motifs is 1. The van der Waals surface area contributed by atoms with Gasteiger partial charge in [0, 0.05) is 20.1 Å². The summed E-state index contributed by atoms with van der Waals surface area (Å²) < 4.78 is 2.18. The summed E-state index contributed by atoms with van der Waals surface area (Å²) in [6.07, 6.45) is 5.48. The minimum absolute atomic E-state index is 0.824. The zero-order chi connectivity index (χ0) is 18.1. The minimum atomic E-state index is 0.824. The van der Waals surface area contributed by atoms with E-state index in [1.54, 1.807) is 0 Å². The van der Waals surface area contributed by atoms with Gasteiger partial charge >= 0.3 is 0 Å². The molecule has 4 heteroatoms. The maximum Gasteiger partial charge on any atom is 0.126 e. The highest BCUT2D eigenvalue weighted by molar-refractivity contribution is 9.10. The number of aryl methyl sites for hydroxylation is 1. The van der Waals surface area contributed by atoms with Crippen LogP contribution >= 0.6 is 31.9 Å². The molecule has 26 heavy (non-hydrogen) atoms. The molecule has 0 N–H and O–H groups in total. The minimum Gasteiger partial charge on any atom is -0.233 e. The molecule has 0 unspecified atom stereocenters. The Kier molecular flexibility index (Phi) is 5.05. The lowest BCUT2D eigenvalue weighted by molar-refractivity contribution is 0.797. The number of nitrogens with zero attached hydrogens (tertiary/aromatic N) is 2. The Labute approximate surface area is 170 Å². The monoisotopic (exact) mass is 468 g/mol. The van der Waals surface area contributed by atoms with Crippen molar-refractivity contribution in [2.45, 2.75) is 26.2 Å². The van der Waals surface area contributed by atoms with E-state index >= 15 is 0 Å². The standard InChI is InChI=1S/C22H18Br2N2/c1-14-25-21(16-7-11-19(24)12-8-16)20-4-2-3-17(22(20)26-14)13-15-5-9-18(23)10-6-15/h5-13H,2-4H2,1H3/b17-13+. The lowest BCUT2D eigenvalue weighted by Gasteiger charge is -2.21. The fourth-order valence-corrected chi connectivity index (χ4v) is 3.95. The molecule has 0 aliphatic heterocycles. The van der Waals surface area contributed by atoms with Gasteiger partial charge in [0.05, 0.1) is 11.4 Å². The fraction of sp³-hybridized carbons (Fsp3) is 0.182. The van der Waals surface area contributed by atoms with Gasteiger partial charge in [-0.25, -0.2) is 9.97 Å². The van der Waals surface area contributed by atoms with Gasteiger partial charge in [0.15, 0.2) is 0 Å². The molecule has 0 spiro atoms. The number of aromatic nitrogens is 2. The van der Waals surface area contributed by atoms with Crippen LogP contribution in [0.3, 0.4) is 0 Å². The normalized spacial score (nSPS) is 15.1. The molecule has 4 rings (SSSR count). The van der Waals surface area contributed by atoms with Crippen molar-refractivity contribution in [3.05, 3.63) is 80.1 Å². The van der Waals surface area contributed by atoms with Gasteiger partial charge in [-0.05, 0) is 67.7 Å². The van der Waals surface area contributed by atoms with E-state index in [0.717, 1.165) is 51.0 Å². The van der Waals surface area contributed by atoms with Crippen LogP contribution in [0, 0.1) is 6.92 Å². The van der Waals surface area contributed by atoms with Crippen molar-refractivity contribution in [3.63, 3.8) is 0 Å². The van der Waals surface area contributed by atoms with Gasteiger partial charge in [0.2, 0.25) is 0 Å².